The van der Waals surface area contributed by atoms with E-state index in [4.69, 9.17) is 15.6 Å². The summed E-state index contributed by atoms with van der Waals surface area (Å²) in [5.74, 6) is 0.750. The Bertz CT molecular complexity index is 856. The second-order valence-electron chi connectivity index (χ2n) is 6.22. The van der Waals surface area contributed by atoms with Gasteiger partial charge in [0.05, 0.1) is 6.61 Å². The fourth-order valence-corrected chi connectivity index (χ4v) is 3.20. The summed E-state index contributed by atoms with van der Waals surface area (Å²) in [5, 5.41) is 8.93. The summed E-state index contributed by atoms with van der Waals surface area (Å²) in [6.07, 6.45) is 0.789. The first-order valence-electron chi connectivity index (χ1n) is 9.21. The zero-order valence-corrected chi connectivity index (χ0v) is 15.3. The number of ether oxygens (including phenoxy) is 1. The van der Waals surface area contributed by atoms with Gasteiger partial charge in [-0.2, -0.15) is 0 Å². The summed E-state index contributed by atoms with van der Waals surface area (Å²) in [4.78, 5) is 0. The SMILES string of the molecule is NCC/C(=C(\c1ccccc1)c1ccc(OCCO)cc1)c1ccccc1. The maximum atomic E-state index is 8.93. The van der Waals surface area contributed by atoms with Gasteiger partial charge in [-0.3, -0.25) is 0 Å². The van der Waals surface area contributed by atoms with Gasteiger partial charge in [-0.1, -0.05) is 72.8 Å². The number of nitrogens with two attached hydrogens (primary N) is 1. The van der Waals surface area contributed by atoms with Crippen LogP contribution < -0.4 is 10.5 Å². The molecule has 3 nitrogen and oxygen atoms in total. The predicted molar refractivity (Wildman–Crippen MR) is 111 cm³/mol. The molecule has 27 heavy (non-hydrogen) atoms. The highest BCUT2D eigenvalue weighted by Gasteiger charge is 2.13. The lowest BCUT2D eigenvalue weighted by Crippen LogP contribution is -2.04. The molecule has 0 spiro atoms. The zero-order valence-electron chi connectivity index (χ0n) is 15.3. The molecule has 0 radical (unpaired) electrons. The van der Waals surface area contributed by atoms with Crippen LogP contribution >= 0.6 is 0 Å². The quantitative estimate of drug-likeness (QED) is 0.587. The smallest absolute Gasteiger partial charge is 0.119 e. The van der Waals surface area contributed by atoms with E-state index in [1.54, 1.807) is 0 Å². The monoisotopic (exact) mass is 359 g/mol. The molecule has 0 atom stereocenters. The van der Waals surface area contributed by atoms with E-state index in [0.29, 0.717) is 13.2 Å². The van der Waals surface area contributed by atoms with Crippen molar-refractivity contribution in [2.45, 2.75) is 6.42 Å². The van der Waals surface area contributed by atoms with E-state index in [0.717, 1.165) is 23.3 Å². The number of hydrogen-bond acceptors (Lipinski definition) is 3. The van der Waals surface area contributed by atoms with Gasteiger partial charge in [-0.15, -0.1) is 0 Å². The van der Waals surface area contributed by atoms with Crippen LogP contribution in [-0.2, 0) is 0 Å². The third-order valence-electron chi connectivity index (χ3n) is 4.38. The number of aliphatic hydroxyl groups excluding tert-OH is 1. The summed E-state index contributed by atoms with van der Waals surface area (Å²) >= 11 is 0. The standard InChI is InChI=1S/C24H25NO2/c25-16-15-23(19-7-3-1-4-8-19)24(20-9-5-2-6-10-20)21-11-13-22(14-12-21)27-18-17-26/h1-14,26H,15-18,25H2/b24-23-. The average Bonchev–Trinajstić information content (AvgIpc) is 2.74. The van der Waals surface area contributed by atoms with Gasteiger partial charge in [-0.05, 0) is 52.9 Å². The molecule has 0 aromatic heterocycles. The first-order valence-corrected chi connectivity index (χ1v) is 9.21. The second kappa shape index (κ2) is 9.72. The molecular weight excluding hydrogens is 334 g/mol. The molecule has 0 bridgehead atoms. The fourth-order valence-electron chi connectivity index (χ4n) is 3.20. The summed E-state index contributed by atoms with van der Waals surface area (Å²) in [6.45, 7) is 0.882. The molecule has 3 aromatic rings. The van der Waals surface area contributed by atoms with Crippen LogP contribution in [0.4, 0.5) is 0 Å². The van der Waals surface area contributed by atoms with E-state index in [1.165, 1.54) is 16.7 Å². The van der Waals surface area contributed by atoms with E-state index in [-0.39, 0.29) is 6.61 Å². The third-order valence-corrected chi connectivity index (χ3v) is 4.38. The Morgan fingerprint density at radius 1 is 0.741 bits per heavy atom. The highest BCUT2D eigenvalue weighted by Crippen LogP contribution is 2.34. The lowest BCUT2D eigenvalue weighted by Gasteiger charge is -2.17. The van der Waals surface area contributed by atoms with Gasteiger partial charge in [0.1, 0.15) is 12.4 Å². The van der Waals surface area contributed by atoms with Crippen LogP contribution in [0.3, 0.4) is 0 Å². The van der Waals surface area contributed by atoms with E-state index in [1.807, 2.05) is 24.3 Å². The summed E-state index contributed by atoms with van der Waals surface area (Å²) in [5.41, 5.74) is 11.8. The van der Waals surface area contributed by atoms with E-state index < -0.39 is 0 Å². The van der Waals surface area contributed by atoms with Crippen LogP contribution in [0.25, 0.3) is 11.1 Å². The van der Waals surface area contributed by atoms with Crippen LogP contribution in [0.15, 0.2) is 84.9 Å². The average molecular weight is 359 g/mol. The van der Waals surface area contributed by atoms with Crippen LogP contribution in [0.5, 0.6) is 5.75 Å². The van der Waals surface area contributed by atoms with Gasteiger partial charge in [-0.25, -0.2) is 0 Å². The lowest BCUT2D eigenvalue weighted by atomic mass is 9.88. The van der Waals surface area contributed by atoms with Crippen LogP contribution in [-0.4, -0.2) is 24.9 Å². The normalized spacial score (nSPS) is 11.8. The minimum absolute atomic E-state index is 0.00553. The Morgan fingerprint density at radius 2 is 1.30 bits per heavy atom. The van der Waals surface area contributed by atoms with Crippen molar-refractivity contribution < 1.29 is 9.84 Å². The van der Waals surface area contributed by atoms with Crippen molar-refractivity contribution in [2.24, 2.45) is 5.73 Å². The van der Waals surface area contributed by atoms with Gasteiger partial charge < -0.3 is 15.6 Å². The molecule has 3 rings (SSSR count). The molecular formula is C24H25NO2. The molecule has 3 heteroatoms. The minimum Gasteiger partial charge on any atom is -0.491 e. The zero-order chi connectivity index (χ0) is 18.9. The van der Waals surface area contributed by atoms with Crippen molar-refractivity contribution in [1.82, 2.24) is 0 Å². The summed E-state index contributed by atoms with van der Waals surface area (Å²) < 4.78 is 5.50. The first-order chi connectivity index (χ1) is 13.3. The summed E-state index contributed by atoms with van der Waals surface area (Å²) in [6, 6.07) is 28.8. The summed E-state index contributed by atoms with van der Waals surface area (Å²) in [7, 11) is 0. The molecule has 0 unspecified atom stereocenters. The lowest BCUT2D eigenvalue weighted by molar-refractivity contribution is 0.201. The molecule has 0 saturated heterocycles. The van der Waals surface area contributed by atoms with Crippen LogP contribution in [0.2, 0.25) is 0 Å². The Morgan fingerprint density at radius 3 is 1.85 bits per heavy atom. The van der Waals surface area contributed by atoms with Crippen molar-refractivity contribution in [3.8, 4) is 5.75 Å². The molecule has 0 fully saturated rings. The molecule has 0 aliphatic heterocycles. The number of hydrogen-bond donors (Lipinski definition) is 2. The highest BCUT2D eigenvalue weighted by molar-refractivity contribution is 5.98. The minimum atomic E-state index is 0.00553. The van der Waals surface area contributed by atoms with E-state index in [9.17, 15) is 0 Å². The molecule has 0 saturated carbocycles. The van der Waals surface area contributed by atoms with Gasteiger partial charge in [0.15, 0.2) is 0 Å². The van der Waals surface area contributed by atoms with Crippen molar-refractivity contribution in [1.29, 1.82) is 0 Å². The molecule has 3 aromatic carbocycles. The maximum absolute atomic E-state index is 8.93. The number of aliphatic hydroxyl groups is 1. The molecule has 3 N–H and O–H groups in total. The van der Waals surface area contributed by atoms with Gasteiger partial charge in [0.2, 0.25) is 0 Å². The fraction of sp³-hybridized carbons (Fsp3) is 0.167. The second-order valence-corrected chi connectivity index (χ2v) is 6.22. The largest absolute Gasteiger partial charge is 0.491 e. The van der Waals surface area contributed by atoms with Crippen molar-refractivity contribution in [3.63, 3.8) is 0 Å². The number of rotatable bonds is 8. The van der Waals surface area contributed by atoms with Crippen LogP contribution in [0, 0.1) is 0 Å². The van der Waals surface area contributed by atoms with E-state index >= 15 is 0 Å². The van der Waals surface area contributed by atoms with Crippen LogP contribution in [0.1, 0.15) is 23.1 Å². The Balaban J connectivity index is 2.13. The Hall–Kier alpha value is -2.88. The van der Waals surface area contributed by atoms with E-state index in [2.05, 4.69) is 60.7 Å². The molecule has 0 amide bonds. The Labute approximate surface area is 160 Å². The van der Waals surface area contributed by atoms with Gasteiger partial charge >= 0.3 is 0 Å². The maximum Gasteiger partial charge on any atom is 0.119 e. The van der Waals surface area contributed by atoms with Crippen molar-refractivity contribution in [3.05, 3.63) is 102 Å². The van der Waals surface area contributed by atoms with Crippen molar-refractivity contribution >= 4 is 11.1 Å². The van der Waals surface area contributed by atoms with Crippen molar-refractivity contribution in [2.75, 3.05) is 19.8 Å². The predicted octanol–water partition coefficient (Wildman–Crippen LogP) is 4.37. The van der Waals surface area contributed by atoms with Gasteiger partial charge in [0, 0.05) is 0 Å². The molecule has 0 aliphatic carbocycles. The third kappa shape index (κ3) is 4.85. The topological polar surface area (TPSA) is 55.5 Å². The van der Waals surface area contributed by atoms with Gasteiger partial charge in [0.25, 0.3) is 0 Å². The number of benzene rings is 3. The molecule has 0 aliphatic rings. The molecule has 0 heterocycles. The molecule has 138 valence electrons. The first kappa shape index (κ1) is 18.9. The highest BCUT2D eigenvalue weighted by atomic mass is 16.5. The Kier molecular flexibility index (Phi) is 6.80.